The number of rotatable bonds is 4. The van der Waals surface area contributed by atoms with Gasteiger partial charge in [-0.15, -0.1) is 0 Å². The number of para-hydroxylation sites is 2. The van der Waals surface area contributed by atoms with Crippen molar-refractivity contribution in [1.82, 2.24) is 0 Å². The molecule has 110 valence electrons. The largest absolute Gasteiger partial charge is 0.491 e. The van der Waals surface area contributed by atoms with Crippen LogP contribution in [-0.2, 0) is 9.59 Å². The fraction of sp³-hybridized carbons (Fsp3) is 0.375. The molecule has 0 saturated heterocycles. The molecule has 4 nitrogen and oxygen atoms in total. The van der Waals surface area contributed by atoms with Gasteiger partial charge in [0.1, 0.15) is 5.75 Å². The van der Waals surface area contributed by atoms with Gasteiger partial charge in [-0.3, -0.25) is 9.59 Å². The number of carbonyl (C=O) groups is 2. The molecule has 0 bridgehead atoms. The van der Waals surface area contributed by atoms with Crippen molar-refractivity contribution in [2.45, 2.75) is 25.7 Å². The highest BCUT2D eigenvalue weighted by Crippen LogP contribution is 2.38. The zero-order valence-corrected chi connectivity index (χ0v) is 13.2. The van der Waals surface area contributed by atoms with E-state index in [1.165, 1.54) is 4.90 Å². The first kappa shape index (κ1) is 14.3. The molecule has 1 aromatic carbocycles. The van der Waals surface area contributed by atoms with E-state index >= 15 is 0 Å². The van der Waals surface area contributed by atoms with Crippen molar-refractivity contribution in [3.8, 4) is 5.75 Å². The molecule has 2 amide bonds. The van der Waals surface area contributed by atoms with Gasteiger partial charge in [0.15, 0.2) is 0 Å². The van der Waals surface area contributed by atoms with E-state index in [1.54, 1.807) is 12.1 Å². The maximum absolute atomic E-state index is 12.6. The maximum atomic E-state index is 12.6. The minimum absolute atomic E-state index is 0.176. The van der Waals surface area contributed by atoms with Crippen LogP contribution < -0.4 is 9.64 Å². The summed E-state index contributed by atoms with van der Waals surface area (Å²) in [5.74, 6) is 0.215. The molecule has 3 rings (SSSR count). The van der Waals surface area contributed by atoms with Crippen LogP contribution in [0.3, 0.4) is 0 Å². The summed E-state index contributed by atoms with van der Waals surface area (Å²) in [5, 5.41) is 0.692. The molecule has 0 atom stereocenters. The monoisotopic (exact) mass is 349 g/mol. The second-order valence-corrected chi connectivity index (χ2v) is 5.91. The van der Waals surface area contributed by atoms with E-state index < -0.39 is 0 Å². The van der Waals surface area contributed by atoms with Gasteiger partial charge >= 0.3 is 0 Å². The lowest BCUT2D eigenvalue weighted by molar-refractivity contribution is -0.120. The van der Waals surface area contributed by atoms with E-state index in [9.17, 15) is 9.59 Å². The number of amides is 2. The van der Waals surface area contributed by atoms with Crippen molar-refractivity contribution < 1.29 is 14.3 Å². The van der Waals surface area contributed by atoms with E-state index in [2.05, 4.69) is 15.9 Å². The third-order valence-electron chi connectivity index (χ3n) is 3.83. The van der Waals surface area contributed by atoms with Crippen LogP contribution in [0.5, 0.6) is 5.75 Å². The smallest absolute Gasteiger partial charge is 0.261 e. The Hall–Kier alpha value is -1.62. The molecule has 0 saturated carbocycles. The molecular weight excluding hydrogens is 334 g/mol. The minimum Gasteiger partial charge on any atom is -0.491 e. The van der Waals surface area contributed by atoms with Crippen molar-refractivity contribution >= 4 is 33.4 Å². The number of imide groups is 1. The zero-order valence-electron chi connectivity index (χ0n) is 11.6. The van der Waals surface area contributed by atoms with Gasteiger partial charge in [0.25, 0.3) is 11.8 Å². The summed E-state index contributed by atoms with van der Waals surface area (Å²) < 4.78 is 5.64. The quantitative estimate of drug-likeness (QED) is 0.619. The Morgan fingerprint density at radius 2 is 1.67 bits per heavy atom. The Kier molecular flexibility index (Phi) is 4.10. The standard InChI is InChI=1S/C16H16BrNO3/c17-9-10-21-14-8-4-3-7-13(14)18-15(19)11-5-1-2-6-12(11)16(18)20/h3-4,7-8H,1-2,5-6,9-10H2. The Labute approximate surface area is 131 Å². The maximum Gasteiger partial charge on any atom is 0.261 e. The second kappa shape index (κ2) is 6.02. The third-order valence-corrected chi connectivity index (χ3v) is 4.15. The lowest BCUT2D eigenvalue weighted by Crippen LogP contribution is -2.32. The number of halogens is 1. The number of nitrogens with zero attached hydrogens (tertiary/aromatic N) is 1. The van der Waals surface area contributed by atoms with Crippen molar-refractivity contribution in [1.29, 1.82) is 0 Å². The van der Waals surface area contributed by atoms with E-state index in [1.807, 2.05) is 12.1 Å². The summed E-state index contributed by atoms with van der Waals surface area (Å²) >= 11 is 3.31. The fourth-order valence-electron chi connectivity index (χ4n) is 2.87. The minimum atomic E-state index is -0.176. The summed E-state index contributed by atoms with van der Waals surface area (Å²) in [5.41, 5.74) is 1.94. The molecule has 0 fully saturated rings. The number of ether oxygens (including phenoxy) is 1. The van der Waals surface area contributed by atoms with Crippen LogP contribution in [0.4, 0.5) is 5.69 Å². The van der Waals surface area contributed by atoms with E-state index in [0.29, 0.717) is 47.4 Å². The lowest BCUT2D eigenvalue weighted by atomic mass is 9.93. The van der Waals surface area contributed by atoms with Crippen LogP contribution in [0, 0.1) is 0 Å². The second-order valence-electron chi connectivity index (χ2n) is 5.12. The number of anilines is 1. The summed E-state index contributed by atoms with van der Waals surface area (Å²) in [6.45, 7) is 0.486. The summed E-state index contributed by atoms with van der Waals surface area (Å²) in [7, 11) is 0. The fourth-order valence-corrected chi connectivity index (χ4v) is 3.03. The molecule has 0 aromatic heterocycles. The van der Waals surface area contributed by atoms with Gasteiger partial charge in [0.2, 0.25) is 0 Å². The number of carbonyl (C=O) groups excluding carboxylic acids is 2. The van der Waals surface area contributed by atoms with Gasteiger partial charge in [-0.25, -0.2) is 4.90 Å². The van der Waals surface area contributed by atoms with Gasteiger partial charge in [-0.05, 0) is 37.8 Å². The first-order valence-corrected chi connectivity index (χ1v) is 8.25. The first-order chi connectivity index (χ1) is 10.2. The van der Waals surface area contributed by atoms with Crippen molar-refractivity contribution in [3.05, 3.63) is 35.4 Å². The average molecular weight is 350 g/mol. The molecule has 1 aliphatic heterocycles. The SMILES string of the molecule is O=C1C2=C(CCCC2)C(=O)N1c1ccccc1OCCBr. The number of hydrogen-bond acceptors (Lipinski definition) is 3. The van der Waals surface area contributed by atoms with E-state index in [-0.39, 0.29) is 11.8 Å². The Bertz CT molecular complexity index is 596. The van der Waals surface area contributed by atoms with Gasteiger partial charge in [-0.1, -0.05) is 28.1 Å². The highest BCUT2D eigenvalue weighted by molar-refractivity contribution is 9.09. The Morgan fingerprint density at radius 1 is 1.05 bits per heavy atom. The Balaban J connectivity index is 1.95. The highest BCUT2D eigenvalue weighted by Gasteiger charge is 2.40. The van der Waals surface area contributed by atoms with Crippen LogP contribution in [0.1, 0.15) is 25.7 Å². The van der Waals surface area contributed by atoms with Gasteiger partial charge < -0.3 is 4.74 Å². The summed E-state index contributed by atoms with van der Waals surface area (Å²) in [4.78, 5) is 26.4. The zero-order chi connectivity index (χ0) is 14.8. The van der Waals surface area contributed by atoms with E-state index in [0.717, 1.165) is 12.8 Å². The molecule has 1 heterocycles. The van der Waals surface area contributed by atoms with Crippen LogP contribution >= 0.6 is 15.9 Å². The average Bonchev–Trinajstić information content (AvgIpc) is 2.78. The van der Waals surface area contributed by atoms with Crippen molar-refractivity contribution in [2.75, 3.05) is 16.8 Å². The lowest BCUT2D eigenvalue weighted by Gasteiger charge is -2.18. The predicted octanol–water partition coefficient (Wildman–Crippen LogP) is 3.20. The normalized spacial score (nSPS) is 18.2. The van der Waals surface area contributed by atoms with Crippen LogP contribution in [-0.4, -0.2) is 23.8 Å². The molecular formula is C16H16BrNO3. The molecule has 2 aliphatic rings. The van der Waals surface area contributed by atoms with Crippen LogP contribution in [0.15, 0.2) is 35.4 Å². The van der Waals surface area contributed by atoms with E-state index in [4.69, 9.17) is 4.74 Å². The summed E-state index contributed by atoms with van der Waals surface area (Å²) in [6, 6.07) is 7.20. The molecule has 1 aliphatic carbocycles. The molecule has 0 unspecified atom stereocenters. The summed E-state index contributed by atoms with van der Waals surface area (Å²) in [6.07, 6.45) is 3.38. The first-order valence-electron chi connectivity index (χ1n) is 7.12. The molecule has 0 radical (unpaired) electrons. The highest BCUT2D eigenvalue weighted by atomic mass is 79.9. The molecule has 0 spiro atoms. The molecule has 5 heteroatoms. The number of alkyl halides is 1. The number of benzene rings is 1. The van der Waals surface area contributed by atoms with Crippen LogP contribution in [0.2, 0.25) is 0 Å². The predicted molar refractivity (Wildman–Crippen MR) is 83.7 cm³/mol. The topological polar surface area (TPSA) is 46.6 Å². The Morgan fingerprint density at radius 3 is 2.29 bits per heavy atom. The number of hydrogen-bond donors (Lipinski definition) is 0. The van der Waals surface area contributed by atoms with Gasteiger partial charge in [0, 0.05) is 16.5 Å². The van der Waals surface area contributed by atoms with Crippen LogP contribution in [0.25, 0.3) is 0 Å². The van der Waals surface area contributed by atoms with Gasteiger partial charge in [-0.2, -0.15) is 0 Å². The van der Waals surface area contributed by atoms with Crippen molar-refractivity contribution in [3.63, 3.8) is 0 Å². The molecule has 1 aromatic rings. The van der Waals surface area contributed by atoms with Crippen molar-refractivity contribution in [2.24, 2.45) is 0 Å². The molecule has 0 N–H and O–H groups in total. The molecule has 21 heavy (non-hydrogen) atoms. The third kappa shape index (κ3) is 2.50. The van der Waals surface area contributed by atoms with Gasteiger partial charge in [0.05, 0.1) is 12.3 Å².